The van der Waals surface area contributed by atoms with Crippen LogP contribution in [0.4, 0.5) is 0 Å². The Bertz CT molecular complexity index is 637. The number of hydrogen-bond donors (Lipinski definition) is 1. The van der Waals surface area contributed by atoms with Crippen LogP contribution in [0.25, 0.3) is 0 Å². The fourth-order valence-electron chi connectivity index (χ4n) is 2.86. The highest BCUT2D eigenvalue weighted by atomic mass is 16.5. The van der Waals surface area contributed by atoms with Gasteiger partial charge in [-0.3, -0.25) is 0 Å². The molecule has 0 bridgehead atoms. The van der Waals surface area contributed by atoms with E-state index >= 15 is 0 Å². The van der Waals surface area contributed by atoms with Gasteiger partial charge in [0.05, 0.1) is 13.2 Å². The molecule has 2 aromatic rings. The first kappa shape index (κ1) is 19.3. The Labute approximate surface area is 152 Å². The molecule has 0 spiro atoms. The van der Waals surface area contributed by atoms with Gasteiger partial charge in [0.25, 0.3) is 0 Å². The van der Waals surface area contributed by atoms with E-state index in [0.29, 0.717) is 12.5 Å². The molecule has 0 aliphatic rings. The molecule has 0 aliphatic carbocycles. The number of hydrogen-bond acceptors (Lipinski definition) is 3. The summed E-state index contributed by atoms with van der Waals surface area (Å²) in [5.74, 6) is 2.21. The highest BCUT2D eigenvalue weighted by Crippen LogP contribution is 2.26. The Kier molecular flexibility index (Phi) is 7.80. The lowest BCUT2D eigenvalue weighted by Crippen LogP contribution is -2.15. The molecule has 0 aromatic heterocycles. The maximum atomic E-state index is 6.06. The predicted octanol–water partition coefficient (Wildman–Crippen LogP) is 4.86. The first-order valence-electron chi connectivity index (χ1n) is 9.33. The summed E-state index contributed by atoms with van der Waals surface area (Å²) in [6.45, 7) is 8.47. The van der Waals surface area contributed by atoms with Crippen molar-refractivity contribution in [2.75, 3.05) is 19.8 Å². The van der Waals surface area contributed by atoms with E-state index in [2.05, 4.69) is 51.1 Å². The average Bonchev–Trinajstić information content (AvgIpc) is 2.64. The Hall–Kier alpha value is -2.00. The highest BCUT2D eigenvalue weighted by molar-refractivity contribution is 5.38. The Morgan fingerprint density at radius 2 is 1.60 bits per heavy atom. The molecular formula is C22H31NO2. The molecule has 2 aromatic carbocycles. The highest BCUT2D eigenvalue weighted by Gasteiger charge is 2.13. The number of aryl methyl sites for hydroxylation is 1. The first-order valence-corrected chi connectivity index (χ1v) is 9.33. The third kappa shape index (κ3) is 5.79. The van der Waals surface area contributed by atoms with Crippen molar-refractivity contribution in [2.24, 2.45) is 5.73 Å². The molecule has 3 heteroatoms. The van der Waals surface area contributed by atoms with E-state index in [1.165, 1.54) is 16.7 Å². The van der Waals surface area contributed by atoms with Crippen LogP contribution in [-0.4, -0.2) is 19.8 Å². The number of ether oxygens (including phenoxy) is 2. The summed E-state index contributed by atoms with van der Waals surface area (Å²) in [6, 6.07) is 14.8. The lowest BCUT2D eigenvalue weighted by Gasteiger charge is -2.18. The van der Waals surface area contributed by atoms with Crippen molar-refractivity contribution >= 4 is 0 Å². The normalized spacial score (nSPS) is 12.0. The summed E-state index contributed by atoms with van der Waals surface area (Å²) < 4.78 is 11.4. The van der Waals surface area contributed by atoms with Crippen molar-refractivity contribution in [3.63, 3.8) is 0 Å². The summed E-state index contributed by atoms with van der Waals surface area (Å²) in [5, 5.41) is 0. The fraction of sp³-hybridized carbons (Fsp3) is 0.455. The summed E-state index contributed by atoms with van der Waals surface area (Å²) in [7, 11) is 0. The van der Waals surface area contributed by atoms with Crippen molar-refractivity contribution in [1.29, 1.82) is 0 Å². The van der Waals surface area contributed by atoms with Gasteiger partial charge in [0.15, 0.2) is 0 Å². The molecular weight excluding hydrogens is 310 g/mol. The third-order valence-electron chi connectivity index (χ3n) is 4.29. The van der Waals surface area contributed by atoms with Crippen LogP contribution in [0.2, 0.25) is 0 Å². The standard InChI is InChI=1S/C22H31NO2/c1-4-12-24-21-9-6-18(7-10-21)15-20(16-23)19-8-11-22(17(3)14-19)25-13-5-2/h6-11,14,20H,4-5,12-13,15-16,23H2,1-3H3. The minimum atomic E-state index is 0.307. The van der Waals surface area contributed by atoms with E-state index in [4.69, 9.17) is 15.2 Å². The van der Waals surface area contributed by atoms with Gasteiger partial charge in [-0.15, -0.1) is 0 Å². The number of benzene rings is 2. The Balaban J connectivity index is 2.05. The van der Waals surface area contributed by atoms with E-state index in [-0.39, 0.29) is 0 Å². The second-order valence-corrected chi connectivity index (χ2v) is 6.50. The quantitative estimate of drug-likeness (QED) is 0.671. The molecule has 0 fully saturated rings. The molecule has 0 saturated heterocycles. The van der Waals surface area contributed by atoms with Crippen molar-refractivity contribution in [2.45, 2.75) is 46.0 Å². The van der Waals surface area contributed by atoms with Gasteiger partial charge in [0.2, 0.25) is 0 Å². The molecule has 0 radical (unpaired) electrons. The van der Waals surface area contributed by atoms with Gasteiger partial charge >= 0.3 is 0 Å². The van der Waals surface area contributed by atoms with Crippen LogP contribution in [0.15, 0.2) is 42.5 Å². The lowest BCUT2D eigenvalue weighted by atomic mass is 9.91. The molecule has 136 valence electrons. The van der Waals surface area contributed by atoms with Crippen molar-refractivity contribution in [3.05, 3.63) is 59.2 Å². The van der Waals surface area contributed by atoms with Gasteiger partial charge in [-0.1, -0.05) is 38.1 Å². The zero-order valence-electron chi connectivity index (χ0n) is 15.8. The number of nitrogens with two attached hydrogens (primary N) is 1. The van der Waals surface area contributed by atoms with Gasteiger partial charge in [0, 0.05) is 5.92 Å². The van der Waals surface area contributed by atoms with Gasteiger partial charge in [-0.25, -0.2) is 0 Å². The molecule has 0 saturated carbocycles. The van der Waals surface area contributed by atoms with E-state index in [1.54, 1.807) is 0 Å². The van der Waals surface area contributed by atoms with E-state index in [9.17, 15) is 0 Å². The van der Waals surface area contributed by atoms with E-state index in [0.717, 1.165) is 44.0 Å². The SMILES string of the molecule is CCCOc1ccc(CC(CN)c2ccc(OCCC)c(C)c2)cc1. The maximum Gasteiger partial charge on any atom is 0.122 e. The van der Waals surface area contributed by atoms with Gasteiger partial charge in [-0.05, 0) is 67.6 Å². The molecule has 0 aliphatic heterocycles. The minimum Gasteiger partial charge on any atom is -0.494 e. The molecule has 0 amide bonds. The van der Waals surface area contributed by atoms with Crippen LogP contribution in [0.3, 0.4) is 0 Å². The van der Waals surface area contributed by atoms with Crippen LogP contribution < -0.4 is 15.2 Å². The van der Waals surface area contributed by atoms with Crippen molar-refractivity contribution in [1.82, 2.24) is 0 Å². The molecule has 1 atom stereocenters. The number of rotatable bonds is 10. The zero-order chi connectivity index (χ0) is 18.1. The van der Waals surface area contributed by atoms with Gasteiger partial charge < -0.3 is 15.2 Å². The summed E-state index contributed by atoms with van der Waals surface area (Å²) in [6.07, 6.45) is 2.97. The first-order chi connectivity index (χ1) is 12.2. The van der Waals surface area contributed by atoms with Crippen LogP contribution in [0, 0.1) is 6.92 Å². The smallest absolute Gasteiger partial charge is 0.122 e. The van der Waals surface area contributed by atoms with E-state index in [1.807, 2.05) is 12.1 Å². The van der Waals surface area contributed by atoms with Gasteiger partial charge in [0.1, 0.15) is 11.5 Å². The summed E-state index contributed by atoms with van der Waals surface area (Å²) in [4.78, 5) is 0. The average molecular weight is 341 g/mol. The fourth-order valence-corrected chi connectivity index (χ4v) is 2.86. The largest absolute Gasteiger partial charge is 0.494 e. The second-order valence-electron chi connectivity index (χ2n) is 6.50. The predicted molar refractivity (Wildman–Crippen MR) is 105 cm³/mol. The van der Waals surface area contributed by atoms with Crippen LogP contribution >= 0.6 is 0 Å². The Morgan fingerprint density at radius 1 is 0.920 bits per heavy atom. The molecule has 25 heavy (non-hydrogen) atoms. The Morgan fingerprint density at radius 3 is 2.20 bits per heavy atom. The second kappa shape index (κ2) is 10.1. The van der Waals surface area contributed by atoms with Crippen molar-refractivity contribution < 1.29 is 9.47 Å². The maximum absolute atomic E-state index is 6.06. The minimum absolute atomic E-state index is 0.307. The van der Waals surface area contributed by atoms with Crippen LogP contribution in [-0.2, 0) is 6.42 Å². The monoisotopic (exact) mass is 341 g/mol. The van der Waals surface area contributed by atoms with Crippen LogP contribution in [0.5, 0.6) is 11.5 Å². The van der Waals surface area contributed by atoms with Crippen LogP contribution in [0.1, 0.15) is 49.3 Å². The molecule has 2 N–H and O–H groups in total. The molecule has 2 rings (SSSR count). The third-order valence-corrected chi connectivity index (χ3v) is 4.29. The molecule has 1 unspecified atom stereocenters. The summed E-state index contributed by atoms with van der Waals surface area (Å²) >= 11 is 0. The van der Waals surface area contributed by atoms with Crippen molar-refractivity contribution in [3.8, 4) is 11.5 Å². The van der Waals surface area contributed by atoms with Gasteiger partial charge in [-0.2, -0.15) is 0 Å². The molecule has 0 heterocycles. The lowest BCUT2D eigenvalue weighted by molar-refractivity contribution is 0.315. The zero-order valence-corrected chi connectivity index (χ0v) is 15.8. The molecule has 3 nitrogen and oxygen atoms in total. The van der Waals surface area contributed by atoms with E-state index < -0.39 is 0 Å². The summed E-state index contributed by atoms with van der Waals surface area (Å²) in [5.41, 5.74) is 9.79. The topological polar surface area (TPSA) is 44.5 Å².